The van der Waals surface area contributed by atoms with E-state index in [0.717, 1.165) is 5.56 Å². The van der Waals surface area contributed by atoms with Crippen molar-refractivity contribution < 1.29 is 28.0 Å². The highest BCUT2D eigenvalue weighted by Gasteiger charge is 2.34. The number of nitrogens with two attached hydrogens (primary N) is 1. The minimum Gasteiger partial charge on any atom is -0.480 e. The number of rotatable bonds is 10. The Morgan fingerprint density at radius 2 is 1.89 bits per heavy atom. The van der Waals surface area contributed by atoms with Crippen molar-refractivity contribution in [2.24, 2.45) is 5.73 Å². The van der Waals surface area contributed by atoms with Crippen LogP contribution in [0, 0.1) is 12.3 Å². The molecule has 3 rings (SSSR count). The smallest absolute Gasteiger partial charge is 0.323 e. The van der Waals surface area contributed by atoms with Gasteiger partial charge in [-0.25, -0.2) is 8.42 Å². The maximum Gasteiger partial charge on any atom is 0.323 e. The molecule has 1 amide bonds. The van der Waals surface area contributed by atoms with Crippen LogP contribution in [0.1, 0.15) is 35.6 Å². The summed E-state index contributed by atoms with van der Waals surface area (Å²) >= 11 is 0. The molecule has 35 heavy (non-hydrogen) atoms. The normalized spacial score (nSPS) is 19.3. The molecule has 1 saturated heterocycles. The molecule has 188 valence electrons. The molecule has 1 fully saturated rings. The van der Waals surface area contributed by atoms with Crippen molar-refractivity contribution in [2.45, 2.75) is 42.8 Å². The number of carboxylic acids is 1. The molecule has 0 unspecified atom stereocenters. The summed E-state index contributed by atoms with van der Waals surface area (Å²) in [6, 6.07) is 11.8. The highest BCUT2D eigenvalue weighted by molar-refractivity contribution is 7.89. The van der Waals surface area contributed by atoms with Crippen molar-refractivity contribution in [1.82, 2.24) is 15.1 Å². The number of benzene rings is 2. The molecule has 1 heterocycles. The van der Waals surface area contributed by atoms with E-state index in [2.05, 4.69) is 10.0 Å². The number of carbonyl (C=O) groups is 2. The summed E-state index contributed by atoms with van der Waals surface area (Å²) in [6.07, 6.45) is 0.0546. The quantitative estimate of drug-likeness (QED) is 0.235. The molecule has 2 aromatic rings. The SMILES string of the molecule is Cc1ccccc1S(=O)(=O)N[C@@H](CNC(=O)C[C@@H]1C[C@H](c2ccc(C(=N)N)cc2)N(C)O1)C(=O)O. The number of hydrogen-bond donors (Lipinski definition) is 5. The Morgan fingerprint density at radius 3 is 2.49 bits per heavy atom. The van der Waals surface area contributed by atoms with Gasteiger partial charge in [0, 0.05) is 19.2 Å². The second-order valence-corrected chi connectivity index (χ2v) is 10.0. The van der Waals surface area contributed by atoms with E-state index in [9.17, 15) is 23.1 Å². The number of nitrogen functional groups attached to an aromatic ring is 1. The van der Waals surface area contributed by atoms with Crippen molar-refractivity contribution in [3.8, 4) is 0 Å². The van der Waals surface area contributed by atoms with Crippen molar-refractivity contribution in [1.29, 1.82) is 5.41 Å². The molecule has 0 spiro atoms. The van der Waals surface area contributed by atoms with Crippen LogP contribution < -0.4 is 15.8 Å². The first-order valence-corrected chi connectivity index (χ1v) is 12.4. The number of sulfonamides is 1. The van der Waals surface area contributed by atoms with Gasteiger partial charge in [-0.15, -0.1) is 0 Å². The Kier molecular flexibility index (Phi) is 8.22. The van der Waals surface area contributed by atoms with E-state index in [1.54, 1.807) is 49.4 Å². The van der Waals surface area contributed by atoms with Gasteiger partial charge >= 0.3 is 5.97 Å². The molecule has 1 aliphatic rings. The third-order valence-corrected chi connectivity index (χ3v) is 7.37. The number of hydrogen-bond acceptors (Lipinski definition) is 7. The summed E-state index contributed by atoms with van der Waals surface area (Å²) < 4.78 is 27.4. The average molecular weight is 504 g/mol. The molecule has 0 radical (unpaired) electrons. The Morgan fingerprint density at radius 1 is 1.23 bits per heavy atom. The predicted molar refractivity (Wildman–Crippen MR) is 128 cm³/mol. The standard InChI is InChI=1S/C23H29N5O6S/c1-14-5-3-4-6-20(14)35(32,33)27-18(23(30)31)13-26-21(29)12-17-11-19(28(2)34-17)15-7-9-16(10-8-15)22(24)25/h3-10,17-19,27H,11-13H2,1-2H3,(H3,24,25)(H,26,29)(H,30,31)/t17-,18-,19+/m0/s1. The zero-order valence-corrected chi connectivity index (χ0v) is 20.2. The van der Waals surface area contributed by atoms with Crippen LogP contribution in [0.4, 0.5) is 0 Å². The maximum absolute atomic E-state index is 12.6. The first-order chi connectivity index (χ1) is 16.5. The first-order valence-electron chi connectivity index (χ1n) is 10.9. The van der Waals surface area contributed by atoms with Gasteiger partial charge in [0.15, 0.2) is 0 Å². The molecule has 0 aliphatic carbocycles. The Bertz CT molecular complexity index is 1200. The van der Waals surface area contributed by atoms with Gasteiger partial charge in [0.1, 0.15) is 11.9 Å². The summed E-state index contributed by atoms with van der Waals surface area (Å²) in [4.78, 5) is 29.8. The molecular weight excluding hydrogens is 474 g/mol. The molecule has 1 aliphatic heterocycles. The Hall–Kier alpha value is -3.32. The topological polar surface area (TPSA) is 175 Å². The summed E-state index contributed by atoms with van der Waals surface area (Å²) in [5.41, 5.74) is 7.51. The van der Waals surface area contributed by atoms with E-state index in [0.29, 0.717) is 17.5 Å². The lowest BCUT2D eigenvalue weighted by Gasteiger charge is -2.18. The van der Waals surface area contributed by atoms with Gasteiger partial charge in [-0.05, 0) is 30.5 Å². The number of carboxylic acid groups (broad SMARTS) is 1. The third-order valence-electron chi connectivity index (χ3n) is 5.74. The fraction of sp³-hybridized carbons (Fsp3) is 0.348. The van der Waals surface area contributed by atoms with Crippen LogP contribution in [0.2, 0.25) is 0 Å². The lowest BCUT2D eigenvalue weighted by molar-refractivity contribution is -0.152. The number of carbonyl (C=O) groups excluding carboxylic acids is 1. The molecule has 0 aromatic heterocycles. The molecule has 11 nitrogen and oxygen atoms in total. The number of amidine groups is 1. The van der Waals surface area contributed by atoms with Gasteiger partial charge in [-0.2, -0.15) is 9.79 Å². The number of aliphatic carboxylic acids is 1. The van der Waals surface area contributed by atoms with Crippen LogP contribution in [0.5, 0.6) is 0 Å². The fourth-order valence-corrected chi connectivity index (χ4v) is 5.32. The number of nitrogens with zero attached hydrogens (tertiary/aromatic N) is 1. The lowest BCUT2D eigenvalue weighted by Crippen LogP contribution is -2.48. The molecule has 0 bridgehead atoms. The van der Waals surface area contributed by atoms with Gasteiger partial charge in [-0.3, -0.25) is 19.8 Å². The van der Waals surface area contributed by atoms with Gasteiger partial charge in [-0.1, -0.05) is 42.5 Å². The average Bonchev–Trinajstić information content (AvgIpc) is 3.16. The predicted octanol–water partition coefficient (Wildman–Crippen LogP) is 0.894. The van der Waals surface area contributed by atoms with E-state index in [1.165, 1.54) is 6.07 Å². The molecule has 2 aromatic carbocycles. The second-order valence-electron chi connectivity index (χ2n) is 8.35. The zero-order valence-electron chi connectivity index (χ0n) is 19.4. The minimum atomic E-state index is -4.09. The lowest BCUT2D eigenvalue weighted by atomic mass is 9.99. The van der Waals surface area contributed by atoms with Crippen molar-refractivity contribution in [2.75, 3.05) is 13.6 Å². The highest BCUT2D eigenvalue weighted by atomic mass is 32.2. The number of nitrogens with one attached hydrogen (secondary N) is 3. The Balaban J connectivity index is 1.56. The summed E-state index contributed by atoms with van der Waals surface area (Å²) in [5.74, 6) is -1.89. The molecule has 12 heteroatoms. The monoisotopic (exact) mass is 503 g/mol. The summed E-state index contributed by atoms with van der Waals surface area (Å²) in [5, 5.41) is 21.1. The maximum atomic E-state index is 12.6. The second kappa shape index (κ2) is 11.0. The number of hydroxylamine groups is 2. The van der Waals surface area contributed by atoms with Crippen molar-refractivity contribution in [3.05, 3.63) is 65.2 Å². The fourth-order valence-electron chi connectivity index (χ4n) is 3.88. The van der Waals surface area contributed by atoms with Crippen LogP contribution in [0.3, 0.4) is 0 Å². The molecule has 3 atom stereocenters. The largest absolute Gasteiger partial charge is 0.480 e. The van der Waals surface area contributed by atoms with E-state index >= 15 is 0 Å². The van der Waals surface area contributed by atoms with Crippen LogP contribution in [0.15, 0.2) is 53.4 Å². The van der Waals surface area contributed by atoms with Crippen LogP contribution in [-0.4, -0.2) is 62.0 Å². The van der Waals surface area contributed by atoms with E-state index in [1.807, 2.05) is 12.1 Å². The summed E-state index contributed by atoms with van der Waals surface area (Å²) in [6.45, 7) is 1.19. The highest BCUT2D eigenvalue weighted by Crippen LogP contribution is 2.34. The molecule has 0 saturated carbocycles. The van der Waals surface area contributed by atoms with Gasteiger partial charge in [0.2, 0.25) is 15.9 Å². The zero-order chi connectivity index (χ0) is 25.8. The third kappa shape index (κ3) is 6.63. The summed E-state index contributed by atoms with van der Waals surface area (Å²) in [7, 11) is -2.34. The first kappa shape index (κ1) is 26.3. The van der Waals surface area contributed by atoms with Gasteiger partial charge in [0.05, 0.1) is 23.5 Å². The minimum absolute atomic E-state index is 0.0246. The van der Waals surface area contributed by atoms with Crippen molar-refractivity contribution >= 4 is 27.7 Å². The molecular formula is C23H29N5O6S. The van der Waals surface area contributed by atoms with Gasteiger partial charge in [0.25, 0.3) is 0 Å². The Labute approximate surface area is 203 Å². The van der Waals surface area contributed by atoms with Crippen LogP contribution in [-0.2, 0) is 24.4 Å². The van der Waals surface area contributed by atoms with Crippen molar-refractivity contribution in [3.63, 3.8) is 0 Å². The van der Waals surface area contributed by atoms with Crippen LogP contribution >= 0.6 is 0 Å². The van der Waals surface area contributed by atoms with E-state index in [4.69, 9.17) is 16.0 Å². The van der Waals surface area contributed by atoms with E-state index in [-0.39, 0.29) is 23.2 Å². The molecule has 6 N–H and O–H groups in total. The van der Waals surface area contributed by atoms with Crippen LogP contribution in [0.25, 0.3) is 0 Å². The number of amides is 1. The number of aryl methyl sites for hydroxylation is 1. The van der Waals surface area contributed by atoms with Gasteiger partial charge < -0.3 is 16.2 Å². The van der Waals surface area contributed by atoms with E-state index < -0.39 is 40.6 Å².